The van der Waals surface area contributed by atoms with Gasteiger partial charge in [-0.1, -0.05) is 137 Å². The van der Waals surface area contributed by atoms with E-state index in [1.807, 2.05) is 0 Å². The Balaban J connectivity index is 2.08. The van der Waals surface area contributed by atoms with Gasteiger partial charge in [0, 0.05) is 25.5 Å². The topological polar surface area (TPSA) is 96.3 Å². The number of unbranched alkanes of at least 4 members (excludes halogenated alkanes) is 18. The lowest BCUT2D eigenvalue weighted by Gasteiger charge is -2.15. The molecule has 0 aliphatic carbocycles. The van der Waals surface area contributed by atoms with E-state index in [-0.39, 0.29) is 0 Å². The summed E-state index contributed by atoms with van der Waals surface area (Å²) in [5.41, 5.74) is 1.22. The first kappa shape index (κ1) is 54.2. The number of hydrogen-bond acceptors (Lipinski definition) is 5. The second-order valence-corrected chi connectivity index (χ2v) is 16.3. The minimum absolute atomic E-state index is 0.302. The van der Waals surface area contributed by atoms with Gasteiger partial charge in [0.25, 0.3) is 0 Å². The third kappa shape index (κ3) is 39.6. The molecule has 7 nitrogen and oxygen atoms in total. The van der Waals surface area contributed by atoms with E-state index in [2.05, 4.69) is 110 Å². The molecule has 0 aliphatic heterocycles. The average molecular weight is 832 g/mol. The van der Waals surface area contributed by atoms with Crippen LogP contribution in [0.25, 0.3) is 0 Å². The maximum Gasteiger partial charge on any atom is 0.303 e. The molecule has 2 N–H and O–H groups in total. The smallest absolute Gasteiger partial charge is 0.303 e. The van der Waals surface area contributed by atoms with Crippen LogP contribution in [0, 0.1) is 0 Å². The van der Waals surface area contributed by atoms with Crippen molar-refractivity contribution in [3.05, 3.63) is 96.7 Å². The predicted molar refractivity (Wildman–Crippen MR) is 254 cm³/mol. The molecule has 0 heterocycles. The number of nitrogens with zero attached hydrogens (tertiary/aromatic N) is 1. The highest BCUT2D eigenvalue weighted by molar-refractivity contribution is 5.66. The van der Waals surface area contributed by atoms with Gasteiger partial charge in [0.2, 0.25) is 0 Å². The van der Waals surface area contributed by atoms with E-state index < -0.39 is 11.9 Å². The maximum atomic E-state index is 10.5. The molecular formula is C53H85NO6. The summed E-state index contributed by atoms with van der Waals surface area (Å²) >= 11 is 0. The Morgan fingerprint density at radius 2 is 0.733 bits per heavy atom. The van der Waals surface area contributed by atoms with Crippen LogP contribution in [0.15, 0.2) is 91.1 Å². The number of rotatable bonds is 42. The molecule has 1 rings (SSSR count). The number of ether oxygens (including phenoxy) is 2. The molecule has 0 fully saturated rings. The van der Waals surface area contributed by atoms with Gasteiger partial charge in [-0.15, -0.1) is 0 Å². The number of allylic oxidation sites excluding steroid dienone is 12. The van der Waals surface area contributed by atoms with Crippen molar-refractivity contribution in [1.82, 2.24) is 4.90 Å². The van der Waals surface area contributed by atoms with Crippen molar-refractivity contribution in [3.8, 4) is 11.5 Å². The largest absolute Gasteiger partial charge is 0.493 e. The highest BCUT2D eigenvalue weighted by Gasteiger charge is 2.06. The fourth-order valence-electron chi connectivity index (χ4n) is 6.76. The normalized spacial score (nSPS) is 12.2. The second kappa shape index (κ2) is 41.9. The summed E-state index contributed by atoms with van der Waals surface area (Å²) in [6.07, 6.45) is 56.3. The van der Waals surface area contributed by atoms with Gasteiger partial charge in [0.05, 0.1) is 13.2 Å². The maximum absolute atomic E-state index is 10.5. The molecule has 1 aromatic rings. The Morgan fingerprint density at radius 1 is 0.433 bits per heavy atom. The van der Waals surface area contributed by atoms with Crippen molar-refractivity contribution in [1.29, 1.82) is 0 Å². The minimum atomic E-state index is -0.684. The molecule has 0 amide bonds. The molecule has 60 heavy (non-hydrogen) atoms. The van der Waals surface area contributed by atoms with Crippen LogP contribution in [0.3, 0.4) is 0 Å². The fraction of sp³-hybridized carbons (Fsp3) is 0.623. The molecule has 0 bridgehead atoms. The molecule has 0 saturated carbocycles. The van der Waals surface area contributed by atoms with Crippen LogP contribution in [-0.4, -0.2) is 54.4 Å². The monoisotopic (exact) mass is 832 g/mol. The van der Waals surface area contributed by atoms with Gasteiger partial charge in [-0.3, -0.25) is 9.59 Å². The molecule has 338 valence electrons. The third-order valence-corrected chi connectivity index (χ3v) is 10.1. The fourth-order valence-corrected chi connectivity index (χ4v) is 6.76. The van der Waals surface area contributed by atoms with E-state index in [0.29, 0.717) is 12.8 Å². The van der Waals surface area contributed by atoms with Gasteiger partial charge < -0.3 is 24.6 Å². The van der Waals surface area contributed by atoms with Gasteiger partial charge in [0.15, 0.2) is 0 Å². The highest BCUT2D eigenvalue weighted by Crippen LogP contribution is 2.25. The number of benzene rings is 1. The zero-order chi connectivity index (χ0) is 43.4. The lowest BCUT2D eigenvalue weighted by molar-refractivity contribution is -0.138. The third-order valence-electron chi connectivity index (χ3n) is 10.1. The molecule has 0 atom stereocenters. The molecule has 7 heteroatoms. The number of hydrogen-bond donors (Lipinski definition) is 2. The van der Waals surface area contributed by atoms with E-state index in [4.69, 9.17) is 19.7 Å². The first-order valence-corrected chi connectivity index (χ1v) is 23.7. The number of carbonyl (C=O) groups is 2. The van der Waals surface area contributed by atoms with Crippen LogP contribution in [0.2, 0.25) is 0 Å². The van der Waals surface area contributed by atoms with Crippen molar-refractivity contribution < 1.29 is 29.3 Å². The highest BCUT2D eigenvalue weighted by atomic mass is 16.5. The summed E-state index contributed by atoms with van der Waals surface area (Å²) in [6.45, 7) is 2.33. The van der Waals surface area contributed by atoms with Gasteiger partial charge in [-0.2, -0.15) is 0 Å². The van der Waals surface area contributed by atoms with Gasteiger partial charge in [0.1, 0.15) is 11.5 Å². The number of carboxylic acid groups (broad SMARTS) is 2. The van der Waals surface area contributed by atoms with Gasteiger partial charge >= 0.3 is 11.9 Å². The molecule has 0 aromatic heterocycles. The van der Waals surface area contributed by atoms with Crippen molar-refractivity contribution >= 4 is 11.9 Å². The van der Waals surface area contributed by atoms with Crippen LogP contribution in [0.4, 0.5) is 0 Å². The molecule has 0 aliphatic rings. The number of carboxylic acids is 2. The van der Waals surface area contributed by atoms with E-state index in [1.165, 1.54) is 69.8 Å². The Bertz CT molecular complexity index is 1260. The van der Waals surface area contributed by atoms with Gasteiger partial charge in [-0.05, 0) is 135 Å². The molecule has 1 aromatic carbocycles. The first-order chi connectivity index (χ1) is 29.4. The van der Waals surface area contributed by atoms with E-state index in [0.717, 1.165) is 134 Å². The van der Waals surface area contributed by atoms with Crippen molar-refractivity contribution in [2.75, 3.05) is 27.3 Å². The van der Waals surface area contributed by atoms with Crippen LogP contribution < -0.4 is 9.47 Å². The lowest BCUT2D eigenvalue weighted by Crippen LogP contribution is -2.11. The SMILES string of the molecule is CN(C)Cc1cc(OCCCCCCC=CCC=CCC=CCCCCCCCC(=O)O)cc(OCCCCCCC=CCC=CC/C=C\CCCCCCCC(=O)O)c1. The summed E-state index contributed by atoms with van der Waals surface area (Å²) in [5.74, 6) is 0.448. The summed E-state index contributed by atoms with van der Waals surface area (Å²) in [7, 11) is 4.18. The summed E-state index contributed by atoms with van der Waals surface area (Å²) in [5, 5.41) is 17.3. The second-order valence-electron chi connectivity index (χ2n) is 16.3. The lowest BCUT2D eigenvalue weighted by atomic mass is 10.1. The van der Waals surface area contributed by atoms with Crippen LogP contribution in [-0.2, 0) is 16.1 Å². The standard InChI is InChI=1S/C53H85NO6/c1-54(2)48-49-45-50(59-43-39-35-31-27-23-19-15-11-7-3-5-9-13-17-21-25-29-33-37-41-52(55)56)47-51(46-49)60-44-40-36-32-28-24-20-16-12-8-4-6-10-14-18-22-26-30-34-38-42-53(57)58/h3-4,7-10,13-16,19-20,45-47H,5-6,11-12,17-18,21-44,48H2,1-2H3,(H,55,56)(H,57,58)/b7-3?,8-4?,13-9-,14-10?,19-15?,20-16?. The molecule has 0 saturated heterocycles. The number of aliphatic carboxylic acids is 2. The van der Waals surface area contributed by atoms with E-state index >= 15 is 0 Å². The Kier molecular flexibility index (Phi) is 37.8. The zero-order valence-electron chi connectivity index (χ0n) is 38.1. The Labute approximate surface area is 366 Å². The molecule has 0 unspecified atom stereocenters. The Morgan fingerprint density at radius 3 is 1.07 bits per heavy atom. The van der Waals surface area contributed by atoms with Crippen molar-refractivity contribution in [3.63, 3.8) is 0 Å². The van der Waals surface area contributed by atoms with Crippen molar-refractivity contribution in [2.45, 2.75) is 186 Å². The quantitative estimate of drug-likeness (QED) is 0.0500. The van der Waals surface area contributed by atoms with Crippen LogP contribution in [0.5, 0.6) is 11.5 Å². The van der Waals surface area contributed by atoms with Gasteiger partial charge in [-0.25, -0.2) is 0 Å². The Hall–Kier alpha value is -3.84. The average Bonchev–Trinajstić information content (AvgIpc) is 3.21. The van der Waals surface area contributed by atoms with Crippen LogP contribution in [0.1, 0.15) is 185 Å². The summed E-state index contributed by atoms with van der Waals surface area (Å²) in [6, 6.07) is 6.36. The summed E-state index contributed by atoms with van der Waals surface area (Å²) < 4.78 is 12.4. The molecular weight excluding hydrogens is 747 g/mol. The van der Waals surface area contributed by atoms with E-state index in [9.17, 15) is 9.59 Å². The molecule has 0 radical (unpaired) electrons. The summed E-state index contributed by atoms with van der Waals surface area (Å²) in [4.78, 5) is 23.2. The zero-order valence-corrected chi connectivity index (χ0v) is 38.1. The first-order valence-electron chi connectivity index (χ1n) is 23.7. The predicted octanol–water partition coefficient (Wildman–Crippen LogP) is 14.9. The van der Waals surface area contributed by atoms with E-state index in [1.54, 1.807) is 0 Å². The minimum Gasteiger partial charge on any atom is -0.493 e. The van der Waals surface area contributed by atoms with Crippen molar-refractivity contribution in [2.24, 2.45) is 0 Å². The van der Waals surface area contributed by atoms with Crippen LogP contribution >= 0.6 is 0 Å². The molecule has 0 spiro atoms.